The van der Waals surface area contributed by atoms with Crippen LogP contribution in [0.25, 0.3) is 0 Å². The first kappa shape index (κ1) is 17.5. The Morgan fingerprint density at radius 1 is 1.12 bits per heavy atom. The second-order valence-corrected chi connectivity index (χ2v) is 5.05. The van der Waals surface area contributed by atoms with Gasteiger partial charge in [0.15, 0.2) is 0 Å². The molecule has 1 N–H and O–H groups in total. The first-order chi connectivity index (χ1) is 11.5. The lowest BCUT2D eigenvalue weighted by Gasteiger charge is -2.11. The zero-order valence-electron chi connectivity index (χ0n) is 13.5. The number of methoxy groups -OCH3 is 2. The van der Waals surface area contributed by atoms with E-state index in [1.54, 1.807) is 30.3 Å². The smallest absolute Gasteiger partial charge is 0.337 e. The van der Waals surface area contributed by atoms with Gasteiger partial charge in [-0.05, 0) is 36.2 Å². The van der Waals surface area contributed by atoms with Crippen molar-refractivity contribution < 1.29 is 23.5 Å². The average Bonchev–Trinajstić information content (AvgIpc) is 2.60. The molecular weight excluding hydrogens is 313 g/mol. The second kappa shape index (κ2) is 8.10. The lowest BCUT2D eigenvalue weighted by molar-refractivity contribution is -0.116. The van der Waals surface area contributed by atoms with Crippen molar-refractivity contribution in [3.8, 4) is 5.75 Å². The molecule has 0 fully saturated rings. The van der Waals surface area contributed by atoms with Crippen molar-refractivity contribution in [3.63, 3.8) is 0 Å². The fraction of sp³-hybridized carbons (Fsp3) is 0.222. The number of anilines is 1. The van der Waals surface area contributed by atoms with Crippen LogP contribution in [0.3, 0.4) is 0 Å². The summed E-state index contributed by atoms with van der Waals surface area (Å²) >= 11 is 0. The summed E-state index contributed by atoms with van der Waals surface area (Å²) in [4.78, 5) is 23.7. The molecule has 0 aliphatic heterocycles. The van der Waals surface area contributed by atoms with E-state index >= 15 is 0 Å². The van der Waals surface area contributed by atoms with Crippen LogP contribution in [0.4, 0.5) is 10.1 Å². The van der Waals surface area contributed by atoms with Crippen molar-refractivity contribution in [1.29, 1.82) is 0 Å². The highest BCUT2D eigenvalue weighted by atomic mass is 19.1. The summed E-state index contributed by atoms with van der Waals surface area (Å²) in [5.74, 6) is -0.740. The van der Waals surface area contributed by atoms with Crippen LogP contribution in [0.1, 0.15) is 22.3 Å². The topological polar surface area (TPSA) is 64.6 Å². The molecule has 1 amide bonds. The number of esters is 1. The van der Waals surface area contributed by atoms with Gasteiger partial charge >= 0.3 is 5.97 Å². The molecule has 6 heteroatoms. The summed E-state index contributed by atoms with van der Waals surface area (Å²) in [6.45, 7) is 0. The van der Waals surface area contributed by atoms with Crippen LogP contribution in [-0.4, -0.2) is 26.1 Å². The van der Waals surface area contributed by atoms with E-state index in [1.165, 1.54) is 26.4 Å². The van der Waals surface area contributed by atoms with E-state index in [9.17, 15) is 14.0 Å². The fourth-order valence-corrected chi connectivity index (χ4v) is 2.21. The predicted octanol–water partition coefficient (Wildman–Crippen LogP) is 3.19. The number of nitrogens with one attached hydrogen (secondary N) is 1. The van der Waals surface area contributed by atoms with E-state index in [1.807, 2.05) is 0 Å². The minimum absolute atomic E-state index is 0.104. The monoisotopic (exact) mass is 331 g/mol. The van der Waals surface area contributed by atoms with Crippen LogP contribution >= 0.6 is 0 Å². The van der Waals surface area contributed by atoms with Gasteiger partial charge in [-0.25, -0.2) is 9.18 Å². The van der Waals surface area contributed by atoms with E-state index in [0.29, 0.717) is 22.6 Å². The molecule has 0 aliphatic carbocycles. The van der Waals surface area contributed by atoms with Crippen LogP contribution in [0.2, 0.25) is 0 Å². The SMILES string of the molecule is COC(=O)c1ccc(OC)c(NC(=O)CCc2ccccc2F)c1. The van der Waals surface area contributed by atoms with Crippen LogP contribution in [-0.2, 0) is 16.0 Å². The lowest BCUT2D eigenvalue weighted by atomic mass is 10.1. The zero-order chi connectivity index (χ0) is 17.5. The quantitative estimate of drug-likeness (QED) is 0.826. The van der Waals surface area contributed by atoms with Crippen molar-refractivity contribution in [2.75, 3.05) is 19.5 Å². The Labute approximate surface area is 139 Å². The Balaban J connectivity index is 2.07. The van der Waals surface area contributed by atoms with Gasteiger partial charge < -0.3 is 14.8 Å². The maximum atomic E-state index is 13.6. The molecule has 5 nitrogen and oxygen atoms in total. The van der Waals surface area contributed by atoms with Gasteiger partial charge in [0.25, 0.3) is 0 Å². The molecule has 0 spiro atoms. The molecule has 0 heterocycles. The highest BCUT2D eigenvalue weighted by molar-refractivity contribution is 5.96. The average molecular weight is 331 g/mol. The lowest BCUT2D eigenvalue weighted by Crippen LogP contribution is -2.14. The highest BCUT2D eigenvalue weighted by Crippen LogP contribution is 2.26. The van der Waals surface area contributed by atoms with Crippen molar-refractivity contribution in [2.24, 2.45) is 0 Å². The Bertz CT molecular complexity index is 746. The minimum Gasteiger partial charge on any atom is -0.495 e. The van der Waals surface area contributed by atoms with Crippen molar-refractivity contribution in [1.82, 2.24) is 0 Å². The number of halogens is 1. The third kappa shape index (κ3) is 4.32. The van der Waals surface area contributed by atoms with Crippen LogP contribution < -0.4 is 10.1 Å². The van der Waals surface area contributed by atoms with E-state index in [0.717, 1.165) is 0 Å². The molecular formula is C18H18FNO4. The van der Waals surface area contributed by atoms with Gasteiger partial charge in [-0.3, -0.25) is 4.79 Å². The second-order valence-electron chi connectivity index (χ2n) is 5.05. The number of aryl methyl sites for hydroxylation is 1. The molecule has 0 aliphatic rings. The highest BCUT2D eigenvalue weighted by Gasteiger charge is 2.13. The van der Waals surface area contributed by atoms with Gasteiger partial charge in [-0.2, -0.15) is 0 Å². The zero-order valence-corrected chi connectivity index (χ0v) is 13.5. The molecule has 0 atom stereocenters. The molecule has 2 rings (SSSR count). The van der Waals surface area contributed by atoms with Gasteiger partial charge in [0.05, 0.1) is 25.5 Å². The van der Waals surface area contributed by atoms with Crippen LogP contribution in [0, 0.1) is 5.82 Å². The van der Waals surface area contributed by atoms with E-state index < -0.39 is 5.97 Å². The number of carbonyl (C=O) groups excluding carboxylic acids is 2. The van der Waals surface area contributed by atoms with Crippen LogP contribution in [0.15, 0.2) is 42.5 Å². The molecule has 0 aromatic heterocycles. The number of rotatable bonds is 6. The van der Waals surface area contributed by atoms with E-state index in [4.69, 9.17) is 4.74 Å². The molecule has 126 valence electrons. The third-order valence-electron chi connectivity index (χ3n) is 3.47. The number of hydrogen-bond acceptors (Lipinski definition) is 4. The maximum Gasteiger partial charge on any atom is 0.337 e. The first-order valence-electron chi connectivity index (χ1n) is 7.34. The Hall–Kier alpha value is -2.89. The summed E-state index contributed by atoms with van der Waals surface area (Å²) in [5.41, 5.74) is 1.13. The summed E-state index contributed by atoms with van der Waals surface area (Å²) < 4.78 is 23.4. The molecule has 0 radical (unpaired) electrons. The maximum absolute atomic E-state index is 13.6. The standard InChI is InChI=1S/C18H18FNO4/c1-23-16-9-7-13(18(22)24-2)11-15(16)20-17(21)10-8-12-5-3-4-6-14(12)19/h3-7,9,11H,8,10H2,1-2H3,(H,20,21). The summed E-state index contributed by atoms with van der Waals surface area (Å²) in [6, 6.07) is 10.9. The number of carbonyl (C=O) groups is 2. The van der Waals surface area contributed by atoms with Crippen molar-refractivity contribution >= 4 is 17.6 Å². The molecule has 0 saturated heterocycles. The molecule has 24 heavy (non-hydrogen) atoms. The van der Waals surface area contributed by atoms with Crippen molar-refractivity contribution in [3.05, 3.63) is 59.4 Å². The molecule has 0 saturated carbocycles. The largest absolute Gasteiger partial charge is 0.495 e. The Morgan fingerprint density at radius 3 is 2.54 bits per heavy atom. The first-order valence-corrected chi connectivity index (χ1v) is 7.34. The number of ether oxygens (including phenoxy) is 2. The number of hydrogen-bond donors (Lipinski definition) is 1. The number of amides is 1. The third-order valence-corrected chi connectivity index (χ3v) is 3.47. The van der Waals surface area contributed by atoms with Gasteiger partial charge in [0.2, 0.25) is 5.91 Å². The van der Waals surface area contributed by atoms with Gasteiger partial charge in [0, 0.05) is 6.42 Å². The molecule has 0 bridgehead atoms. The normalized spacial score (nSPS) is 10.1. The fourth-order valence-electron chi connectivity index (χ4n) is 2.21. The summed E-state index contributed by atoms with van der Waals surface area (Å²) in [6.07, 6.45) is 0.379. The molecule has 2 aromatic rings. The minimum atomic E-state index is -0.514. The van der Waals surface area contributed by atoms with Gasteiger partial charge in [-0.15, -0.1) is 0 Å². The van der Waals surface area contributed by atoms with E-state index in [2.05, 4.69) is 10.1 Å². The van der Waals surface area contributed by atoms with Gasteiger partial charge in [-0.1, -0.05) is 18.2 Å². The Kier molecular flexibility index (Phi) is 5.89. The summed E-state index contributed by atoms with van der Waals surface area (Å²) in [7, 11) is 2.74. The predicted molar refractivity (Wildman–Crippen MR) is 87.7 cm³/mol. The molecule has 0 unspecified atom stereocenters. The van der Waals surface area contributed by atoms with E-state index in [-0.39, 0.29) is 24.6 Å². The van der Waals surface area contributed by atoms with Crippen molar-refractivity contribution in [2.45, 2.75) is 12.8 Å². The molecule has 2 aromatic carbocycles. The summed E-state index contributed by atoms with van der Waals surface area (Å²) in [5, 5.41) is 2.68. The Morgan fingerprint density at radius 2 is 1.88 bits per heavy atom. The van der Waals surface area contributed by atoms with Crippen LogP contribution in [0.5, 0.6) is 5.75 Å². The van der Waals surface area contributed by atoms with Gasteiger partial charge in [0.1, 0.15) is 11.6 Å². The number of benzene rings is 2.